The van der Waals surface area contributed by atoms with Crippen LogP contribution in [0.5, 0.6) is 11.5 Å². The maximum Gasteiger partial charge on any atom is 0.419 e. The van der Waals surface area contributed by atoms with E-state index in [0.29, 0.717) is 47.7 Å². The molecule has 6 aromatic rings. The van der Waals surface area contributed by atoms with E-state index in [-0.39, 0.29) is 45.2 Å². The molecule has 16 nitrogen and oxygen atoms in total. The SMILES string of the molecule is COc1cc(N2CCOCC2)ccc1N.COc1cc(N2CCOCC2)ccc1Nc1cc(NCc2ccccc2S(C)(=O)=O)c(C(F)(F)F)cn1.CS(=O)(=O)c1ccccc1CNc1cc(Cl)ncc1C(F)(F)F. The normalized spacial score (nSPS) is 14.1. The van der Waals surface area contributed by atoms with Crippen LogP contribution in [-0.2, 0) is 54.6 Å². The van der Waals surface area contributed by atoms with Gasteiger partial charge in [0.2, 0.25) is 0 Å². The van der Waals surface area contributed by atoms with Gasteiger partial charge in [-0.3, -0.25) is 0 Å². The number of nitrogens with zero attached hydrogens (tertiary/aromatic N) is 4. The highest BCUT2D eigenvalue weighted by atomic mass is 35.5. The Morgan fingerprint density at radius 1 is 0.613 bits per heavy atom. The minimum absolute atomic E-state index is 0.0496. The van der Waals surface area contributed by atoms with Crippen LogP contribution in [0.1, 0.15) is 22.3 Å². The number of alkyl halides is 6. The topological polar surface area (TPSA) is 200 Å². The molecule has 2 saturated heterocycles. The van der Waals surface area contributed by atoms with E-state index in [1.807, 2.05) is 30.3 Å². The summed E-state index contributed by atoms with van der Waals surface area (Å²) in [6, 6.07) is 25.9. The molecule has 0 amide bonds. The maximum atomic E-state index is 13.7. The lowest BCUT2D eigenvalue weighted by Crippen LogP contribution is -2.36. The third-order valence-corrected chi connectivity index (χ3v) is 14.1. The Kier molecular flexibility index (Phi) is 19.3. The van der Waals surface area contributed by atoms with Crippen LogP contribution in [0.15, 0.2) is 119 Å². The molecule has 0 bridgehead atoms. The summed E-state index contributed by atoms with van der Waals surface area (Å²) in [6.07, 6.45) is -5.80. The molecule has 75 heavy (non-hydrogen) atoms. The summed E-state index contributed by atoms with van der Waals surface area (Å²) in [5.41, 5.74) is 7.32. The molecule has 404 valence electrons. The van der Waals surface area contributed by atoms with E-state index < -0.39 is 43.2 Å². The largest absolute Gasteiger partial charge is 0.495 e. The highest BCUT2D eigenvalue weighted by Gasteiger charge is 2.35. The zero-order valence-electron chi connectivity index (χ0n) is 41.1. The first-order chi connectivity index (χ1) is 35.5. The molecule has 25 heteroatoms. The smallest absolute Gasteiger partial charge is 0.419 e. The quantitative estimate of drug-likeness (QED) is 0.0456. The van der Waals surface area contributed by atoms with Crippen molar-refractivity contribution >= 4 is 71.2 Å². The lowest BCUT2D eigenvalue weighted by atomic mass is 10.1. The number of rotatable bonds is 14. The number of pyridine rings is 2. The predicted molar refractivity (Wildman–Crippen MR) is 277 cm³/mol. The third-order valence-electron chi connectivity index (χ3n) is 11.5. The first-order valence-corrected chi connectivity index (χ1v) is 27.0. The summed E-state index contributed by atoms with van der Waals surface area (Å²) in [5, 5.41) is 8.25. The van der Waals surface area contributed by atoms with Crippen molar-refractivity contribution in [3.8, 4) is 11.5 Å². The first kappa shape index (κ1) is 57.5. The molecule has 0 saturated carbocycles. The molecular formula is C50H55ClF6N8O8S2. The zero-order valence-corrected chi connectivity index (χ0v) is 43.4. The van der Waals surface area contributed by atoms with Crippen LogP contribution in [-0.4, -0.2) is 106 Å². The molecule has 0 atom stereocenters. The molecular weight excluding hydrogens is 1050 g/mol. The first-order valence-electron chi connectivity index (χ1n) is 22.8. The van der Waals surface area contributed by atoms with Crippen molar-refractivity contribution in [2.24, 2.45) is 0 Å². The Morgan fingerprint density at radius 3 is 1.52 bits per heavy atom. The van der Waals surface area contributed by atoms with Crippen molar-refractivity contribution in [1.29, 1.82) is 0 Å². The Hall–Kier alpha value is -6.73. The van der Waals surface area contributed by atoms with Crippen LogP contribution < -0.4 is 41.0 Å². The monoisotopic (exact) mass is 1110 g/mol. The van der Waals surface area contributed by atoms with Crippen LogP contribution in [0.4, 0.5) is 66.3 Å². The fourth-order valence-corrected chi connectivity index (χ4v) is 9.80. The molecule has 4 aromatic carbocycles. The molecule has 4 heterocycles. The van der Waals surface area contributed by atoms with Crippen LogP contribution in [0.3, 0.4) is 0 Å². The molecule has 0 unspecified atom stereocenters. The van der Waals surface area contributed by atoms with Crippen LogP contribution >= 0.6 is 11.6 Å². The van der Waals surface area contributed by atoms with E-state index in [4.69, 9.17) is 36.3 Å². The molecule has 0 aliphatic carbocycles. The maximum absolute atomic E-state index is 13.7. The average Bonchev–Trinajstić information content (AvgIpc) is 3.37. The number of methoxy groups -OCH3 is 2. The number of ether oxygens (including phenoxy) is 4. The number of hydrogen-bond acceptors (Lipinski definition) is 16. The predicted octanol–water partition coefficient (Wildman–Crippen LogP) is 9.59. The number of anilines is 7. The highest BCUT2D eigenvalue weighted by molar-refractivity contribution is 7.91. The molecule has 2 aromatic heterocycles. The summed E-state index contributed by atoms with van der Waals surface area (Å²) in [4.78, 5) is 11.9. The minimum atomic E-state index is -4.66. The van der Waals surface area contributed by atoms with Crippen LogP contribution in [0, 0.1) is 0 Å². The van der Waals surface area contributed by atoms with Gasteiger partial charge in [0.15, 0.2) is 19.7 Å². The Labute approximate surface area is 436 Å². The number of hydrogen-bond donors (Lipinski definition) is 4. The Bertz CT molecular complexity index is 3130. The molecule has 0 spiro atoms. The number of benzene rings is 4. The summed E-state index contributed by atoms with van der Waals surface area (Å²) >= 11 is 5.64. The Balaban J connectivity index is 0.000000204. The lowest BCUT2D eigenvalue weighted by molar-refractivity contribution is -0.138. The van der Waals surface area contributed by atoms with Crippen LogP contribution in [0.25, 0.3) is 0 Å². The van der Waals surface area contributed by atoms with Gasteiger partial charge in [-0.15, -0.1) is 0 Å². The van der Waals surface area contributed by atoms with Crippen LogP contribution in [0.2, 0.25) is 5.15 Å². The molecule has 0 radical (unpaired) electrons. The number of morpholine rings is 2. The van der Waals surface area contributed by atoms with Crippen molar-refractivity contribution in [2.45, 2.75) is 35.2 Å². The fraction of sp³-hybridized carbons (Fsp3) is 0.320. The zero-order chi connectivity index (χ0) is 54.6. The minimum Gasteiger partial charge on any atom is -0.495 e. The van der Waals surface area contributed by atoms with E-state index in [9.17, 15) is 43.2 Å². The molecule has 5 N–H and O–H groups in total. The summed E-state index contributed by atoms with van der Waals surface area (Å²) < 4.78 is 149. The summed E-state index contributed by atoms with van der Waals surface area (Å²) in [7, 11) is -3.90. The number of nitrogens with two attached hydrogens (primary N) is 1. The van der Waals surface area contributed by atoms with Crippen molar-refractivity contribution in [1.82, 2.24) is 9.97 Å². The second kappa shape index (κ2) is 25.2. The number of halogens is 7. The van der Waals surface area contributed by atoms with Gasteiger partial charge < -0.3 is 50.4 Å². The van der Waals surface area contributed by atoms with E-state index in [2.05, 4.69) is 35.7 Å². The van der Waals surface area contributed by atoms with Gasteiger partial charge in [-0.2, -0.15) is 26.3 Å². The average molecular weight is 1110 g/mol. The van der Waals surface area contributed by atoms with Crippen molar-refractivity contribution < 1.29 is 62.1 Å². The van der Waals surface area contributed by atoms with Gasteiger partial charge in [-0.25, -0.2) is 26.8 Å². The molecule has 2 aliphatic rings. The van der Waals surface area contributed by atoms with Crippen molar-refractivity contribution in [3.05, 3.63) is 137 Å². The van der Waals surface area contributed by atoms with Crippen molar-refractivity contribution in [3.63, 3.8) is 0 Å². The second-order valence-electron chi connectivity index (χ2n) is 16.8. The number of nitrogen functional groups attached to an aromatic ring is 1. The van der Waals surface area contributed by atoms with Gasteiger partial charge in [0.05, 0.1) is 84.3 Å². The van der Waals surface area contributed by atoms with Gasteiger partial charge in [0.1, 0.15) is 22.5 Å². The van der Waals surface area contributed by atoms with E-state index >= 15 is 0 Å². The van der Waals surface area contributed by atoms with E-state index in [1.54, 1.807) is 43.5 Å². The fourth-order valence-electron chi connectivity index (χ4n) is 7.76. The molecule has 2 fully saturated rings. The molecule has 2 aliphatic heterocycles. The van der Waals surface area contributed by atoms with Crippen molar-refractivity contribution in [2.75, 3.05) is 111 Å². The third kappa shape index (κ3) is 16.1. The second-order valence-corrected chi connectivity index (χ2v) is 21.1. The summed E-state index contributed by atoms with van der Waals surface area (Å²) in [6.45, 7) is 5.92. The van der Waals surface area contributed by atoms with Gasteiger partial charge in [0.25, 0.3) is 0 Å². The number of sulfone groups is 2. The van der Waals surface area contributed by atoms with Gasteiger partial charge in [-0.1, -0.05) is 48.0 Å². The van der Waals surface area contributed by atoms with Gasteiger partial charge >= 0.3 is 12.4 Å². The Morgan fingerprint density at radius 2 is 1.05 bits per heavy atom. The number of nitrogens with one attached hydrogen (secondary N) is 3. The lowest BCUT2D eigenvalue weighted by Gasteiger charge is -2.29. The van der Waals surface area contributed by atoms with Gasteiger partial charge in [-0.05, 0) is 53.6 Å². The van der Waals surface area contributed by atoms with E-state index in [1.165, 1.54) is 31.4 Å². The standard InChI is InChI=1S/C25H27F3N4O4S.C14H12ClF3N2O2S.C11H16N2O2/c1-35-22-13-18(32-9-11-36-12-10-32)7-8-20(22)31-24-14-21(19(16-30-24)25(26,27)28)29-15-17-5-3-4-6-23(17)37(2,33)34;1-23(21,22)12-5-3-2-4-9(12)7-19-11-6-13(15)20-8-10(11)14(16,17)18;1-14-11-8-9(2-3-10(11)12)13-4-6-15-7-5-13/h3-8,13-14,16H,9-12,15H2,1-2H3,(H2,29,30,31);2-6,8H,7H2,1H3,(H,19,20);2-3,8H,4-7,12H2,1H3. The number of aromatic nitrogens is 2. The van der Waals surface area contributed by atoms with Gasteiger partial charge in [0, 0.05) is 93.7 Å². The summed E-state index contributed by atoms with van der Waals surface area (Å²) in [5.74, 6) is 1.39. The highest BCUT2D eigenvalue weighted by Crippen LogP contribution is 2.39. The molecule has 8 rings (SSSR count). The van der Waals surface area contributed by atoms with E-state index in [0.717, 1.165) is 81.3 Å².